The van der Waals surface area contributed by atoms with E-state index in [1.54, 1.807) is 24.4 Å². The Bertz CT molecular complexity index is 974. The number of H-pyrrole nitrogens is 1. The first-order valence-corrected chi connectivity index (χ1v) is 8.54. The molecule has 6 nitrogen and oxygen atoms in total. The molecule has 7 heteroatoms. The number of anilines is 2. The summed E-state index contributed by atoms with van der Waals surface area (Å²) in [4.78, 5) is 11.3. The maximum atomic E-state index is 11.3. The molecule has 1 heterocycles. The summed E-state index contributed by atoms with van der Waals surface area (Å²) in [5.74, 6) is -0.619. The molecule has 0 atom stereocenters. The highest BCUT2D eigenvalue weighted by molar-refractivity contribution is 9.08. The van der Waals surface area contributed by atoms with Crippen LogP contribution in [-0.2, 0) is 5.33 Å². The minimum atomic E-state index is -0.619. The van der Waals surface area contributed by atoms with Crippen LogP contribution in [0.5, 0.6) is 0 Å². The fourth-order valence-corrected chi connectivity index (χ4v) is 2.94. The number of nitrogens with one attached hydrogen (secondary N) is 2. The molecule has 0 unspecified atom stereocenters. The van der Waals surface area contributed by atoms with Crippen molar-refractivity contribution >= 4 is 33.2 Å². The zero-order valence-corrected chi connectivity index (χ0v) is 14.7. The summed E-state index contributed by atoms with van der Waals surface area (Å²) in [6.07, 6.45) is 1.78. The van der Waals surface area contributed by atoms with Gasteiger partial charge in [0.05, 0.1) is 23.0 Å². The number of nitrogens with zero attached hydrogens (tertiary/aromatic N) is 2. The molecule has 0 radical (unpaired) electrons. The van der Waals surface area contributed by atoms with Gasteiger partial charge in [0, 0.05) is 27.8 Å². The Morgan fingerprint density at radius 3 is 2.80 bits per heavy atom. The summed E-state index contributed by atoms with van der Waals surface area (Å²) in [6.45, 7) is 0. The van der Waals surface area contributed by atoms with Gasteiger partial charge in [0.2, 0.25) is 5.91 Å². The third-order valence-corrected chi connectivity index (χ3v) is 4.31. The second-order valence-corrected chi connectivity index (χ2v) is 5.91. The number of primary amides is 1. The van der Waals surface area contributed by atoms with E-state index in [0.717, 1.165) is 22.5 Å². The lowest BCUT2D eigenvalue weighted by Gasteiger charge is -2.10. The zero-order valence-electron chi connectivity index (χ0n) is 13.1. The minimum absolute atomic E-state index is 0.209. The fourth-order valence-electron chi connectivity index (χ4n) is 2.51. The number of carbonyl (C=O) groups is 1. The van der Waals surface area contributed by atoms with Gasteiger partial charge in [0.1, 0.15) is 6.07 Å². The topological polar surface area (TPSA) is 108 Å². The second-order valence-electron chi connectivity index (χ2n) is 5.35. The molecule has 124 valence electrons. The predicted octanol–water partition coefficient (Wildman–Crippen LogP) is 3.69. The summed E-state index contributed by atoms with van der Waals surface area (Å²) in [7, 11) is 0. The number of benzene rings is 2. The van der Waals surface area contributed by atoms with Crippen molar-refractivity contribution in [1.82, 2.24) is 10.2 Å². The number of rotatable bonds is 5. The van der Waals surface area contributed by atoms with Crippen molar-refractivity contribution in [3.05, 3.63) is 65.4 Å². The normalized spacial score (nSPS) is 10.2. The van der Waals surface area contributed by atoms with Gasteiger partial charge in [-0.3, -0.25) is 9.89 Å². The van der Waals surface area contributed by atoms with Gasteiger partial charge < -0.3 is 11.1 Å². The van der Waals surface area contributed by atoms with Gasteiger partial charge in [0.25, 0.3) is 0 Å². The molecular weight excluding hydrogens is 382 g/mol. The number of nitriles is 1. The van der Waals surface area contributed by atoms with E-state index in [-0.39, 0.29) is 11.1 Å². The van der Waals surface area contributed by atoms with Gasteiger partial charge in [-0.05, 0) is 30.3 Å². The van der Waals surface area contributed by atoms with Crippen LogP contribution >= 0.6 is 15.9 Å². The summed E-state index contributed by atoms with van der Waals surface area (Å²) >= 11 is 3.45. The van der Waals surface area contributed by atoms with E-state index in [9.17, 15) is 10.1 Å². The Morgan fingerprint density at radius 2 is 2.08 bits per heavy atom. The zero-order chi connectivity index (χ0) is 17.8. The predicted molar refractivity (Wildman–Crippen MR) is 99.6 cm³/mol. The maximum absolute atomic E-state index is 11.3. The van der Waals surface area contributed by atoms with Gasteiger partial charge in [-0.25, -0.2) is 0 Å². The van der Waals surface area contributed by atoms with Crippen LogP contribution in [0.25, 0.3) is 11.3 Å². The highest BCUT2D eigenvalue weighted by Gasteiger charge is 2.10. The molecule has 0 aliphatic rings. The number of halogens is 1. The smallest absolute Gasteiger partial charge is 0.250 e. The van der Waals surface area contributed by atoms with E-state index in [4.69, 9.17) is 5.73 Å². The van der Waals surface area contributed by atoms with Crippen LogP contribution in [0.15, 0.2) is 48.7 Å². The highest BCUT2D eigenvalue weighted by Crippen LogP contribution is 2.27. The third-order valence-electron chi connectivity index (χ3n) is 3.71. The van der Waals surface area contributed by atoms with Crippen molar-refractivity contribution in [3.63, 3.8) is 0 Å². The second kappa shape index (κ2) is 7.20. The van der Waals surface area contributed by atoms with E-state index < -0.39 is 5.91 Å². The number of amides is 1. The van der Waals surface area contributed by atoms with Crippen molar-refractivity contribution in [3.8, 4) is 17.3 Å². The first kappa shape index (κ1) is 16.7. The lowest BCUT2D eigenvalue weighted by molar-refractivity contribution is 0.1000. The summed E-state index contributed by atoms with van der Waals surface area (Å²) in [5.41, 5.74) is 10.3. The van der Waals surface area contributed by atoms with Gasteiger partial charge in [-0.1, -0.05) is 28.1 Å². The van der Waals surface area contributed by atoms with Crippen molar-refractivity contribution in [1.29, 1.82) is 5.26 Å². The quantitative estimate of drug-likeness (QED) is 0.572. The minimum Gasteiger partial charge on any atom is -0.366 e. The summed E-state index contributed by atoms with van der Waals surface area (Å²) < 4.78 is 0. The average Bonchev–Trinajstić information content (AvgIpc) is 3.10. The molecule has 0 fully saturated rings. The number of aromatic nitrogens is 2. The van der Waals surface area contributed by atoms with Gasteiger partial charge >= 0.3 is 0 Å². The molecule has 3 aromatic rings. The third kappa shape index (κ3) is 3.54. The van der Waals surface area contributed by atoms with E-state index in [2.05, 4.69) is 31.4 Å². The number of hydrogen-bond acceptors (Lipinski definition) is 4. The van der Waals surface area contributed by atoms with Crippen molar-refractivity contribution in [2.24, 2.45) is 5.73 Å². The standard InChI is InChI=1S/C18H14BrN5O/c19-8-13-10-22-24-17(13)11-2-1-3-14(6-11)23-15-4-5-16(18(21)25)12(7-15)9-20/h1-7,10,23H,8H2,(H2,21,25)(H,22,24). The van der Waals surface area contributed by atoms with Crippen molar-refractivity contribution in [2.45, 2.75) is 5.33 Å². The van der Waals surface area contributed by atoms with E-state index in [1.807, 2.05) is 30.3 Å². The van der Waals surface area contributed by atoms with E-state index in [1.165, 1.54) is 0 Å². The van der Waals surface area contributed by atoms with Crippen LogP contribution in [0.2, 0.25) is 0 Å². The summed E-state index contributed by atoms with van der Waals surface area (Å²) in [5, 5.41) is 20.2. The molecule has 0 aliphatic carbocycles. The average molecular weight is 396 g/mol. The molecule has 0 bridgehead atoms. The van der Waals surface area contributed by atoms with E-state index >= 15 is 0 Å². The maximum Gasteiger partial charge on any atom is 0.250 e. The number of alkyl halides is 1. The van der Waals surface area contributed by atoms with Gasteiger partial charge in [-0.15, -0.1) is 0 Å². The molecule has 2 aromatic carbocycles. The molecule has 0 saturated heterocycles. The molecule has 25 heavy (non-hydrogen) atoms. The molecule has 3 rings (SSSR count). The SMILES string of the molecule is N#Cc1cc(Nc2cccc(-c3[nH]ncc3CBr)c2)ccc1C(N)=O. The first-order valence-electron chi connectivity index (χ1n) is 7.42. The van der Waals surface area contributed by atoms with Crippen LogP contribution in [0, 0.1) is 11.3 Å². The highest BCUT2D eigenvalue weighted by atomic mass is 79.9. The first-order chi connectivity index (χ1) is 12.1. The molecule has 1 amide bonds. The Hall–Kier alpha value is -3.11. The largest absolute Gasteiger partial charge is 0.366 e. The monoisotopic (exact) mass is 395 g/mol. The number of carbonyl (C=O) groups excluding carboxylic acids is 1. The van der Waals surface area contributed by atoms with Crippen LogP contribution in [-0.4, -0.2) is 16.1 Å². The Labute approximate surface area is 152 Å². The van der Waals surface area contributed by atoms with Crippen LogP contribution in [0.4, 0.5) is 11.4 Å². The Kier molecular flexibility index (Phi) is 4.82. The number of hydrogen-bond donors (Lipinski definition) is 3. The molecular formula is C18H14BrN5O. The Morgan fingerprint density at radius 1 is 1.28 bits per heavy atom. The van der Waals surface area contributed by atoms with Crippen LogP contribution < -0.4 is 11.1 Å². The Balaban J connectivity index is 1.91. The van der Waals surface area contributed by atoms with Crippen molar-refractivity contribution < 1.29 is 4.79 Å². The molecule has 0 saturated carbocycles. The van der Waals surface area contributed by atoms with Crippen LogP contribution in [0.3, 0.4) is 0 Å². The number of nitrogens with two attached hydrogens (primary N) is 1. The summed E-state index contributed by atoms with van der Waals surface area (Å²) in [6, 6.07) is 14.7. The number of aromatic amines is 1. The lowest BCUT2D eigenvalue weighted by Crippen LogP contribution is -2.12. The van der Waals surface area contributed by atoms with Crippen molar-refractivity contribution in [2.75, 3.05) is 5.32 Å². The van der Waals surface area contributed by atoms with Crippen LogP contribution in [0.1, 0.15) is 21.5 Å². The molecule has 0 spiro atoms. The lowest BCUT2D eigenvalue weighted by atomic mass is 10.1. The van der Waals surface area contributed by atoms with Gasteiger partial charge in [0.15, 0.2) is 0 Å². The molecule has 0 aliphatic heterocycles. The fraction of sp³-hybridized carbons (Fsp3) is 0.0556. The molecule has 1 aromatic heterocycles. The van der Waals surface area contributed by atoms with E-state index in [0.29, 0.717) is 11.0 Å². The molecule has 4 N–H and O–H groups in total. The van der Waals surface area contributed by atoms with Gasteiger partial charge in [-0.2, -0.15) is 10.4 Å².